The molecule has 0 radical (unpaired) electrons. The van der Waals surface area contributed by atoms with Crippen molar-refractivity contribution in [2.75, 3.05) is 0 Å². The predicted molar refractivity (Wildman–Crippen MR) is 126 cm³/mol. The standard InChI is InChI=1S/C26H16FN3O4/c27-18-12-20-22(24-16(18)8-11-34-24)21(17-5-3-9-29-25(17)31)23(26(32)33)30(20)13-14-7-10-28-19-6-2-1-4-15(14)19/h1-12H,13H2,(H,29,31)(H,32,33). The van der Waals surface area contributed by atoms with Crippen LogP contribution in [0.25, 0.3) is 43.9 Å². The van der Waals surface area contributed by atoms with Gasteiger partial charge in [0.1, 0.15) is 17.1 Å². The van der Waals surface area contributed by atoms with Gasteiger partial charge in [0.15, 0.2) is 0 Å². The molecule has 2 N–H and O–H groups in total. The van der Waals surface area contributed by atoms with Crippen LogP contribution < -0.4 is 5.56 Å². The van der Waals surface area contributed by atoms with Crippen LogP contribution in [0, 0.1) is 5.82 Å². The van der Waals surface area contributed by atoms with Gasteiger partial charge in [-0.2, -0.15) is 0 Å². The van der Waals surface area contributed by atoms with E-state index in [4.69, 9.17) is 4.42 Å². The van der Waals surface area contributed by atoms with E-state index in [2.05, 4.69) is 9.97 Å². The summed E-state index contributed by atoms with van der Waals surface area (Å²) in [5.74, 6) is -1.78. The molecule has 6 aromatic rings. The lowest BCUT2D eigenvalue weighted by Gasteiger charge is -2.11. The lowest BCUT2D eigenvalue weighted by molar-refractivity contribution is 0.0687. The number of H-pyrrole nitrogens is 1. The summed E-state index contributed by atoms with van der Waals surface area (Å²) >= 11 is 0. The van der Waals surface area contributed by atoms with Crippen LogP contribution in [0.3, 0.4) is 0 Å². The molecule has 0 atom stereocenters. The summed E-state index contributed by atoms with van der Waals surface area (Å²) in [5.41, 5.74) is 1.82. The fourth-order valence-electron chi connectivity index (χ4n) is 4.64. The van der Waals surface area contributed by atoms with E-state index < -0.39 is 17.3 Å². The second-order valence-electron chi connectivity index (χ2n) is 7.93. The minimum atomic E-state index is -1.24. The molecular weight excluding hydrogens is 437 g/mol. The summed E-state index contributed by atoms with van der Waals surface area (Å²) in [6.07, 6.45) is 4.47. The highest BCUT2D eigenvalue weighted by Gasteiger charge is 2.29. The number of pyridine rings is 2. The second-order valence-corrected chi connectivity index (χ2v) is 7.93. The van der Waals surface area contributed by atoms with Crippen molar-refractivity contribution in [2.45, 2.75) is 6.54 Å². The SMILES string of the molecule is O=C(O)c1c(-c2ccc[nH]c2=O)c2c3occc3c(F)cc2n1Cc1ccnc2ccccc12. The van der Waals surface area contributed by atoms with Crippen molar-refractivity contribution in [1.29, 1.82) is 0 Å². The Hall–Kier alpha value is -4.72. The molecule has 0 aliphatic carbocycles. The van der Waals surface area contributed by atoms with Crippen molar-refractivity contribution in [3.63, 3.8) is 0 Å². The van der Waals surface area contributed by atoms with Gasteiger partial charge in [0.2, 0.25) is 0 Å². The molecule has 0 saturated carbocycles. The molecule has 0 aliphatic heterocycles. The average Bonchev–Trinajstić information content (AvgIpc) is 3.44. The number of fused-ring (bicyclic) bond motifs is 4. The molecule has 0 aliphatic rings. The minimum Gasteiger partial charge on any atom is -0.477 e. The fourth-order valence-corrected chi connectivity index (χ4v) is 4.64. The summed E-state index contributed by atoms with van der Waals surface area (Å²) < 4.78 is 22.2. The van der Waals surface area contributed by atoms with Crippen LogP contribution in [0.1, 0.15) is 16.1 Å². The van der Waals surface area contributed by atoms with E-state index in [0.717, 1.165) is 16.5 Å². The molecule has 2 aromatic carbocycles. The van der Waals surface area contributed by atoms with Crippen molar-refractivity contribution in [3.05, 3.63) is 101 Å². The van der Waals surface area contributed by atoms with Crippen molar-refractivity contribution in [3.8, 4) is 11.1 Å². The smallest absolute Gasteiger partial charge is 0.353 e. The van der Waals surface area contributed by atoms with E-state index >= 15 is 4.39 Å². The molecule has 0 spiro atoms. The molecule has 0 bridgehead atoms. The molecule has 8 heteroatoms. The van der Waals surface area contributed by atoms with Gasteiger partial charge in [0.25, 0.3) is 5.56 Å². The molecular formula is C26H16FN3O4. The third-order valence-electron chi connectivity index (χ3n) is 6.07. The molecule has 7 nitrogen and oxygen atoms in total. The number of benzene rings is 2. The fraction of sp³-hybridized carbons (Fsp3) is 0.0385. The minimum absolute atomic E-state index is 0.123. The number of para-hydroxylation sites is 1. The number of hydrogen-bond donors (Lipinski definition) is 2. The summed E-state index contributed by atoms with van der Waals surface area (Å²) in [5, 5.41) is 11.7. The molecule has 0 amide bonds. The summed E-state index contributed by atoms with van der Waals surface area (Å²) in [6, 6.07) is 15.3. The number of aromatic nitrogens is 3. The monoisotopic (exact) mass is 453 g/mol. The Morgan fingerprint density at radius 3 is 2.79 bits per heavy atom. The van der Waals surface area contributed by atoms with E-state index in [-0.39, 0.29) is 34.3 Å². The van der Waals surface area contributed by atoms with Gasteiger partial charge in [-0.3, -0.25) is 9.78 Å². The van der Waals surface area contributed by atoms with Gasteiger partial charge in [-0.15, -0.1) is 0 Å². The largest absolute Gasteiger partial charge is 0.477 e. The normalized spacial score (nSPS) is 11.6. The number of furan rings is 1. The van der Waals surface area contributed by atoms with Crippen molar-refractivity contribution < 1.29 is 18.7 Å². The van der Waals surface area contributed by atoms with Crippen LogP contribution in [-0.2, 0) is 6.54 Å². The first-order valence-corrected chi connectivity index (χ1v) is 10.5. The van der Waals surface area contributed by atoms with Crippen LogP contribution in [0.2, 0.25) is 0 Å². The van der Waals surface area contributed by atoms with Gasteiger partial charge in [-0.1, -0.05) is 18.2 Å². The van der Waals surface area contributed by atoms with E-state index in [1.165, 1.54) is 29.2 Å². The average molecular weight is 453 g/mol. The van der Waals surface area contributed by atoms with E-state index in [9.17, 15) is 14.7 Å². The quantitative estimate of drug-likeness (QED) is 0.383. The van der Waals surface area contributed by atoms with E-state index in [1.807, 2.05) is 24.3 Å². The lowest BCUT2D eigenvalue weighted by atomic mass is 10.0. The van der Waals surface area contributed by atoms with Gasteiger partial charge in [0, 0.05) is 29.9 Å². The number of nitrogens with zero attached hydrogens (tertiary/aromatic N) is 2. The van der Waals surface area contributed by atoms with Gasteiger partial charge in [0.05, 0.1) is 33.6 Å². The van der Waals surface area contributed by atoms with Crippen molar-refractivity contribution in [1.82, 2.24) is 14.5 Å². The van der Waals surface area contributed by atoms with Crippen LogP contribution in [0.5, 0.6) is 0 Å². The highest BCUT2D eigenvalue weighted by atomic mass is 19.1. The Kier molecular flexibility index (Phi) is 4.35. The van der Waals surface area contributed by atoms with Gasteiger partial charge in [-0.05, 0) is 42.0 Å². The highest BCUT2D eigenvalue weighted by molar-refractivity contribution is 6.17. The Bertz CT molecular complexity index is 1810. The number of carboxylic acids is 1. The molecule has 6 rings (SSSR count). The predicted octanol–water partition coefficient (Wildman–Crippen LogP) is 5.18. The number of nitrogens with one attached hydrogen (secondary N) is 1. The maximum Gasteiger partial charge on any atom is 0.353 e. The number of halogens is 1. The molecule has 0 saturated heterocycles. The second kappa shape index (κ2) is 7.41. The number of carbonyl (C=O) groups is 1. The molecule has 0 fully saturated rings. The highest BCUT2D eigenvalue weighted by Crippen LogP contribution is 2.40. The Morgan fingerprint density at radius 2 is 1.97 bits per heavy atom. The molecule has 4 heterocycles. The maximum atomic E-state index is 15.0. The Balaban J connectivity index is 1.77. The first-order chi connectivity index (χ1) is 16.5. The number of hydrogen-bond acceptors (Lipinski definition) is 4. The first kappa shape index (κ1) is 19.9. The van der Waals surface area contributed by atoms with Gasteiger partial charge < -0.3 is 19.1 Å². The number of carboxylic acid groups (broad SMARTS) is 1. The number of aromatic carboxylic acids is 1. The topological polar surface area (TPSA) is 101 Å². The van der Waals surface area contributed by atoms with Crippen molar-refractivity contribution in [2.24, 2.45) is 0 Å². The van der Waals surface area contributed by atoms with Crippen LogP contribution in [0.4, 0.5) is 4.39 Å². The van der Waals surface area contributed by atoms with E-state index in [0.29, 0.717) is 10.9 Å². The summed E-state index contributed by atoms with van der Waals surface area (Å²) in [7, 11) is 0. The number of rotatable bonds is 4. The summed E-state index contributed by atoms with van der Waals surface area (Å²) in [4.78, 5) is 32.4. The third kappa shape index (κ3) is 2.85. The molecule has 0 unspecified atom stereocenters. The van der Waals surface area contributed by atoms with Crippen LogP contribution >= 0.6 is 0 Å². The maximum absolute atomic E-state index is 15.0. The number of aromatic amines is 1. The first-order valence-electron chi connectivity index (χ1n) is 10.5. The van der Waals surface area contributed by atoms with E-state index in [1.54, 1.807) is 24.4 Å². The zero-order chi connectivity index (χ0) is 23.4. The lowest BCUT2D eigenvalue weighted by Crippen LogP contribution is -2.13. The Morgan fingerprint density at radius 1 is 1.12 bits per heavy atom. The Labute approximate surface area is 190 Å². The molecule has 4 aromatic heterocycles. The molecule has 34 heavy (non-hydrogen) atoms. The van der Waals surface area contributed by atoms with Gasteiger partial charge >= 0.3 is 5.97 Å². The molecule has 166 valence electrons. The van der Waals surface area contributed by atoms with Crippen molar-refractivity contribution >= 4 is 38.7 Å². The zero-order valence-corrected chi connectivity index (χ0v) is 17.6. The van der Waals surface area contributed by atoms with Crippen LogP contribution in [-0.4, -0.2) is 25.6 Å². The summed E-state index contributed by atoms with van der Waals surface area (Å²) in [6.45, 7) is 0.123. The zero-order valence-electron chi connectivity index (χ0n) is 17.6. The van der Waals surface area contributed by atoms with Crippen LogP contribution in [0.15, 0.2) is 82.5 Å². The third-order valence-corrected chi connectivity index (χ3v) is 6.07. The van der Waals surface area contributed by atoms with Gasteiger partial charge in [-0.25, -0.2) is 9.18 Å².